The molecule has 2 aromatic rings. The smallest absolute Gasteiger partial charge is 0.407 e. The van der Waals surface area contributed by atoms with E-state index in [-0.39, 0.29) is 48.6 Å². The highest BCUT2D eigenvalue weighted by Gasteiger charge is 2.37. The molecule has 0 radical (unpaired) electrons. The molecule has 13 nitrogen and oxygen atoms in total. The number of hydrogen-bond acceptors (Lipinski definition) is 8. The Bertz CT molecular complexity index is 1660. The molecule has 254 valence electrons. The summed E-state index contributed by atoms with van der Waals surface area (Å²) in [4.78, 5) is 42.8. The van der Waals surface area contributed by atoms with Crippen molar-refractivity contribution < 1.29 is 32.6 Å². The molecule has 2 aromatic carbocycles. The van der Waals surface area contributed by atoms with Crippen molar-refractivity contribution >= 4 is 45.7 Å². The van der Waals surface area contributed by atoms with Gasteiger partial charge < -0.3 is 31.1 Å². The fraction of sp³-hybridized carbons (Fsp3) is 0.455. The number of nitrogens with two attached hydrogens (primary N) is 1. The molecule has 14 heteroatoms. The van der Waals surface area contributed by atoms with Gasteiger partial charge in [0.2, 0.25) is 15.9 Å². The summed E-state index contributed by atoms with van der Waals surface area (Å²) < 4.78 is 33.1. The molecule has 0 unspecified atom stereocenters. The average molecular weight is 669 g/mol. The second-order valence-electron chi connectivity index (χ2n) is 12.7. The summed E-state index contributed by atoms with van der Waals surface area (Å²) in [5, 5.41) is 13.8. The molecule has 2 aliphatic rings. The largest absolute Gasteiger partial charge is 0.465 e. The molecule has 47 heavy (non-hydrogen) atoms. The maximum atomic E-state index is 13.6. The number of sulfonamides is 1. The fourth-order valence-corrected chi connectivity index (χ4v) is 6.97. The number of hydrogen-bond donors (Lipinski definition) is 4. The minimum Gasteiger partial charge on any atom is -0.465 e. The van der Waals surface area contributed by atoms with E-state index in [0.717, 1.165) is 12.0 Å². The van der Waals surface area contributed by atoms with Crippen molar-refractivity contribution in [3.8, 4) is 11.1 Å². The minimum atomic E-state index is -3.75. The summed E-state index contributed by atoms with van der Waals surface area (Å²) in [5.41, 5.74) is 8.89. The number of ether oxygens (including phenoxy) is 1. The molecule has 3 amide bonds. The van der Waals surface area contributed by atoms with Crippen molar-refractivity contribution in [3.05, 3.63) is 53.6 Å². The maximum absolute atomic E-state index is 13.6. The van der Waals surface area contributed by atoms with Crippen LogP contribution in [0.15, 0.2) is 57.9 Å². The van der Waals surface area contributed by atoms with E-state index in [0.29, 0.717) is 48.4 Å². The van der Waals surface area contributed by atoms with Crippen molar-refractivity contribution in [3.63, 3.8) is 0 Å². The zero-order chi connectivity index (χ0) is 34.4. The molecular weight excluding hydrogens is 624 g/mol. The number of amidine groups is 1. The van der Waals surface area contributed by atoms with E-state index in [1.165, 1.54) is 10.4 Å². The molecule has 0 aromatic heterocycles. The SMILES string of the molecule is CCCN(CCCNC(=O)OC(C)(C)C)C(=O)C1=Cc2ccc(-c3cccc(S(=O)(=O)N4CC(CNC(=O)O)C4)c3)cc2N=C(N)C1. The number of carbonyl (C=O) groups is 3. The number of rotatable bonds is 12. The molecule has 5 N–H and O–H groups in total. The number of alkyl carbamates (subject to hydrolysis) is 1. The Morgan fingerprint density at radius 3 is 2.49 bits per heavy atom. The first-order chi connectivity index (χ1) is 22.2. The van der Waals surface area contributed by atoms with E-state index in [1.54, 1.807) is 43.9 Å². The Morgan fingerprint density at radius 1 is 1.09 bits per heavy atom. The van der Waals surface area contributed by atoms with Crippen molar-refractivity contribution in [2.45, 2.75) is 57.5 Å². The van der Waals surface area contributed by atoms with Gasteiger partial charge in [0.05, 0.1) is 10.6 Å². The zero-order valence-corrected chi connectivity index (χ0v) is 28.1. The van der Waals surface area contributed by atoms with Gasteiger partial charge in [0.1, 0.15) is 11.4 Å². The van der Waals surface area contributed by atoms with Crippen LogP contribution in [0.5, 0.6) is 0 Å². The van der Waals surface area contributed by atoms with Crippen LogP contribution in [0.1, 0.15) is 52.5 Å². The number of nitrogens with zero attached hydrogens (tertiary/aromatic N) is 3. The summed E-state index contributed by atoms with van der Waals surface area (Å²) in [5.74, 6) is 0.0608. The summed E-state index contributed by atoms with van der Waals surface area (Å²) in [6.07, 6.45) is 1.65. The van der Waals surface area contributed by atoms with E-state index in [4.69, 9.17) is 15.6 Å². The van der Waals surface area contributed by atoms with Crippen LogP contribution in [0.25, 0.3) is 17.2 Å². The van der Waals surface area contributed by atoms with Gasteiger partial charge in [0.15, 0.2) is 0 Å². The third kappa shape index (κ3) is 9.55. The molecule has 0 saturated carbocycles. The van der Waals surface area contributed by atoms with Crippen LogP contribution in [-0.4, -0.2) is 91.5 Å². The Balaban J connectivity index is 1.47. The number of benzene rings is 2. The molecule has 2 heterocycles. The van der Waals surface area contributed by atoms with E-state index >= 15 is 0 Å². The molecular formula is C33H44N6O7S. The number of aliphatic imine (C=N–C) groups is 1. The first-order valence-electron chi connectivity index (χ1n) is 15.7. The summed E-state index contributed by atoms with van der Waals surface area (Å²) in [6, 6.07) is 12.1. The van der Waals surface area contributed by atoms with Crippen LogP contribution in [-0.2, 0) is 19.6 Å². The molecule has 0 spiro atoms. The first-order valence-corrected chi connectivity index (χ1v) is 17.1. The maximum Gasteiger partial charge on any atom is 0.407 e. The molecule has 0 atom stereocenters. The summed E-state index contributed by atoms with van der Waals surface area (Å²) in [7, 11) is -3.75. The van der Waals surface area contributed by atoms with Crippen LogP contribution in [0, 0.1) is 5.92 Å². The molecule has 1 fully saturated rings. The van der Waals surface area contributed by atoms with Crippen LogP contribution in [0.2, 0.25) is 0 Å². The minimum absolute atomic E-state index is 0.0722. The number of amides is 3. The molecule has 0 aliphatic carbocycles. The van der Waals surface area contributed by atoms with Crippen LogP contribution < -0.4 is 16.4 Å². The second-order valence-corrected chi connectivity index (χ2v) is 14.6. The highest BCUT2D eigenvalue weighted by molar-refractivity contribution is 7.89. The highest BCUT2D eigenvalue weighted by Crippen LogP contribution is 2.34. The summed E-state index contributed by atoms with van der Waals surface area (Å²) in [6.45, 7) is 9.42. The van der Waals surface area contributed by atoms with E-state index in [1.807, 2.05) is 31.2 Å². The number of fused-ring (bicyclic) bond motifs is 1. The van der Waals surface area contributed by atoms with Gasteiger partial charge in [-0.3, -0.25) is 4.79 Å². The fourth-order valence-electron chi connectivity index (χ4n) is 5.33. The molecule has 1 saturated heterocycles. The van der Waals surface area contributed by atoms with Gasteiger partial charge in [-0.15, -0.1) is 0 Å². The Labute approximate surface area is 275 Å². The van der Waals surface area contributed by atoms with Gasteiger partial charge in [0.25, 0.3) is 0 Å². The lowest BCUT2D eigenvalue weighted by Gasteiger charge is -2.37. The van der Waals surface area contributed by atoms with E-state index in [2.05, 4.69) is 15.6 Å². The Kier molecular flexibility index (Phi) is 11.3. The van der Waals surface area contributed by atoms with E-state index < -0.39 is 27.8 Å². The third-order valence-corrected chi connectivity index (χ3v) is 9.42. The van der Waals surface area contributed by atoms with Gasteiger partial charge in [-0.25, -0.2) is 23.0 Å². The van der Waals surface area contributed by atoms with Crippen LogP contribution in [0.3, 0.4) is 0 Å². The summed E-state index contributed by atoms with van der Waals surface area (Å²) >= 11 is 0. The lowest BCUT2D eigenvalue weighted by atomic mass is 10.0. The number of carbonyl (C=O) groups excluding carboxylic acids is 2. The number of carboxylic acid groups (broad SMARTS) is 1. The zero-order valence-electron chi connectivity index (χ0n) is 27.3. The van der Waals surface area contributed by atoms with Crippen molar-refractivity contribution in [1.82, 2.24) is 19.8 Å². The second kappa shape index (κ2) is 15.0. The van der Waals surface area contributed by atoms with Crippen LogP contribution >= 0.6 is 0 Å². The average Bonchev–Trinajstić information content (AvgIpc) is 3.14. The normalized spacial score (nSPS) is 15.3. The van der Waals surface area contributed by atoms with Gasteiger partial charge in [-0.05, 0) is 69.0 Å². The standard InChI is InChI=1S/C33H44N6O7S/c1-5-13-38(14-7-12-35-32(43)46-33(2,3)4)30(40)26-15-25-11-10-24(17-28(25)37-29(34)18-26)23-8-6-9-27(16-23)47(44,45)39-20-22(21-39)19-36-31(41)42/h6,8-11,15-17,22,36H,5,7,12-14,18-21H2,1-4H3,(H2,34,37)(H,35,43)(H,41,42). The highest BCUT2D eigenvalue weighted by atomic mass is 32.2. The van der Waals surface area contributed by atoms with Gasteiger partial charge in [-0.2, -0.15) is 4.31 Å². The molecule has 4 rings (SSSR count). The van der Waals surface area contributed by atoms with Gasteiger partial charge in [0, 0.05) is 62.7 Å². The van der Waals surface area contributed by atoms with Crippen molar-refractivity contribution in [2.75, 3.05) is 39.3 Å². The molecule has 2 aliphatic heterocycles. The predicted molar refractivity (Wildman–Crippen MR) is 180 cm³/mol. The number of nitrogens with one attached hydrogen (secondary N) is 2. The van der Waals surface area contributed by atoms with E-state index in [9.17, 15) is 22.8 Å². The Morgan fingerprint density at radius 2 is 1.81 bits per heavy atom. The Hall–Kier alpha value is -4.43. The molecule has 0 bridgehead atoms. The lowest BCUT2D eigenvalue weighted by molar-refractivity contribution is -0.127. The van der Waals surface area contributed by atoms with Gasteiger partial charge >= 0.3 is 12.2 Å². The lowest BCUT2D eigenvalue weighted by Crippen LogP contribution is -2.53. The topological polar surface area (TPSA) is 184 Å². The van der Waals surface area contributed by atoms with Crippen LogP contribution in [0.4, 0.5) is 15.3 Å². The van der Waals surface area contributed by atoms with Gasteiger partial charge in [-0.1, -0.05) is 31.2 Å². The monoisotopic (exact) mass is 668 g/mol. The quantitative estimate of drug-likeness (QED) is 0.243. The third-order valence-electron chi connectivity index (χ3n) is 7.60. The van der Waals surface area contributed by atoms with Crippen molar-refractivity contribution in [2.24, 2.45) is 16.6 Å². The predicted octanol–water partition coefficient (Wildman–Crippen LogP) is 4.17. The van der Waals surface area contributed by atoms with Crippen molar-refractivity contribution in [1.29, 1.82) is 0 Å². The first kappa shape index (κ1) is 35.4.